The van der Waals surface area contributed by atoms with Gasteiger partial charge in [0.2, 0.25) is 5.78 Å². The van der Waals surface area contributed by atoms with Crippen LogP contribution in [0.25, 0.3) is 5.76 Å². The molecule has 1 saturated carbocycles. The summed E-state index contributed by atoms with van der Waals surface area (Å²) in [6.45, 7) is 14.2. The molecule has 0 bridgehead atoms. The van der Waals surface area contributed by atoms with Gasteiger partial charge in [-0.05, 0) is 55.2 Å². The van der Waals surface area contributed by atoms with Crippen LogP contribution in [0, 0.1) is 34.5 Å². The SMILES string of the molecule is CCCCC#Cc1cc(C(C)C)c2c(c1O)C(O)=C1C(=O)[C@@]3(O)C(O)=C(C(C)=O)C(=O)C(C(C)C)[C@@]3(C)C[C@@]1(C)C2. The molecule has 3 aliphatic carbocycles. The van der Waals surface area contributed by atoms with Crippen molar-refractivity contribution in [2.45, 2.75) is 99.0 Å². The van der Waals surface area contributed by atoms with E-state index < -0.39 is 56.8 Å². The van der Waals surface area contributed by atoms with Crippen molar-refractivity contribution < 1.29 is 34.8 Å². The summed E-state index contributed by atoms with van der Waals surface area (Å²) in [6.07, 6.45) is 2.87. The maximum atomic E-state index is 14.5. The van der Waals surface area contributed by atoms with Crippen LogP contribution in [0.1, 0.15) is 109 Å². The van der Waals surface area contributed by atoms with E-state index in [1.165, 1.54) is 0 Å². The van der Waals surface area contributed by atoms with Crippen molar-refractivity contribution in [1.29, 1.82) is 0 Å². The highest BCUT2D eigenvalue weighted by atomic mass is 16.3. The topological polar surface area (TPSA) is 132 Å². The summed E-state index contributed by atoms with van der Waals surface area (Å²) in [4.78, 5) is 40.6. The van der Waals surface area contributed by atoms with Crippen LogP contribution in [0.3, 0.4) is 0 Å². The third kappa shape index (κ3) is 4.17. The van der Waals surface area contributed by atoms with Gasteiger partial charge in [-0.1, -0.05) is 66.7 Å². The third-order valence-electron chi connectivity index (χ3n) is 9.54. The number of benzene rings is 1. The Morgan fingerprint density at radius 1 is 1.12 bits per heavy atom. The highest BCUT2D eigenvalue weighted by Gasteiger charge is 2.72. The molecule has 0 aliphatic heterocycles. The first-order valence-corrected chi connectivity index (χ1v) is 14.6. The van der Waals surface area contributed by atoms with Gasteiger partial charge in [0, 0.05) is 28.7 Å². The Morgan fingerprint density at radius 3 is 2.29 bits per heavy atom. The second-order valence-electron chi connectivity index (χ2n) is 13.2. The van der Waals surface area contributed by atoms with Crippen LogP contribution < -0.4 is 0 Å². The molecule has 4 N–H and O–H groups in total. The van der Waals surface area contributed by atoms with E-state index in [9.17, 15) is 34.8 Å². The lowest BCUT2D eigenvalue weighted by Crippen LogP contribution is -2.69. The van der Waals surface area contributed by atoms with Crippen LogP contribution in [-0.2, 0) is 20.8 Å². The largest absolute Gasteiger partial charge is 0.508 e. The van der Waals surface area contributed by atoms with Crippen LogP contribution in [-0.4, -0.2) is 43.4 Å². The van der Waals surface area contributed by atoms with E-state index in [4.69, 9.17) is 0 Å². The van der Waals surface area contributed by atoms with Gasteiger partial charge in [0.15, 0.2) is 17.2 Å². The number of phenolic OH excluding ortho intramolecular Hbond substituents is 1. The minimum absolute atomic E-state index is 0.00933. The van der Waals surface area contributed by atoms with Gasteiger partial charge >= 0.3 is 0 Å². The second kappa shape index (κ2) is 10.2. The number of aliphatic hydroxyl groups excluding tert-OH is 2. The van der Waals surface area contributed by atoms with Crippen molar-refractivity contribution >= 4 is 23.1 Å². The predicted octanol–water partition coefficient (Wildman–Crippen LogP) is 5.86. The van der Waals surface area contributed by atoms with Crippen LogP contribution in [0.2, 0.25) is 0 Å². The smallest absolute Gasteiger partial charge is 0.203 e. The number of hydrogen-bond donors (Lipinski definition) is 4. The molecule has 1 fully saturated rings. The van der Waals surface area contributed by atoms with Crippen molar-refractivity contribution in [3.05, 3.63) is 45.2 Å². The van der Waals surface area contributed by atoms with Crippen molar-refractivity contribution in [1.82, 2.24) is 0 Å². The molecular formula is C34H42O7. The van der Waals surface area contributed by atoms with E-state index in [-0.39, 0.29) is 41.6 Å². The number of aliphatic hydroxyl groups is 3. The summed E-state index contributed by atoms with van der Waals surface area (Å²) < 4.78 is 0. The van der Waals surface area contributed by atoms with E-state index in [1.54, 1.807) is 20.8 Å². The Kier molecular flexibility index (Phi) is 7.58. The minimum atomic E-state index is -2.62. The normalized spacial score (nSPS) is 29.3. The average Bonchev–Trinajstić information content (AvgIpc) is 2.84. The van der Waals surface area contributed by atoms with Gasteiger partial charge in [-0.25, -0.2) is 0 Å². The Labute approximate surface area is 242 Å². The van der Waals surface area contributed by atoms with Gasteiger partial charge in [0.25, 0.3) is 0 Å². The first-order valence-electron chi connectivity index (χ1n) is 14.6. The van der Waals surface area contributed by atoms with E-state index >= 15 is 0 Å². The van der Waals surface area contributed by atoms with Gasteiger partial charge in [0.05, 0.1) is 11.1 Å². The molecule has 0 heterocycles. The first-order chi connectivity index (χ1) is 19.0. The molecule has 4 atom stereocenters. The number of phenols is 1. The third-order valence-corrected chi connectivity index (χ3v) is 9.54. The zero-order valence-corrected chi connectivity index (χ0v) is 25.4. The molecule has 1 unspecified atom stereocenters. The molecule has 41 heavy (non-hydrogen) atoms. The fourth-order valence-corrected chi connectivity index (χ4v) is 7.85. The number of unbranched alkanes of at least 4 members (excludes halogenated alkanes) is 2. The van der Waals surface area contributed by atoms with E-state index in [2.05, 4.69) is 18.8 Å². The van der Waals surface area contributed by atoms with Gasteiger partial charge in [-0.15, -0.1) is 0 Å². The van der Waals surface area contributed by atoms with Crippen molar-refractivity contribution in [3.63, 3.8) is 0 Å². The number of ketones is 3. The lowest BCUT2D eigenvalue weighted by atomic mass is 9.43. The highest BCUT2D eigenvalue weighted by molar-refractivity contribution is 6.24. The van der Waals surface area contributed by atoms with Crippen LogP contribution in [0.15, 0.2) is 23.0 Å². The monoisotopic (exact) mass is 562 g/mol. The molecule has 7 nitrogen and oxygen atoms in total. The number of carbonyl (C=O) groups excluding carboxylic acids is 3. The number of Topliss-reactive ketones (excluding diaryl/α,β-unsaturated/α-hetero) is 3. The zero-order valence-electron chi connectivity index (χ0n) is 25.4. The number of allylic oxidation sites excluding steroid dienone is 1. The average molecular weight is 563 g/mol. The summed E-state index contributed by atoms with van der Waals surface area (Å²) in [5.74, 6) is 0.838. The molecule has 1 aromatic carbocycles. The van der Waals surface area contributed by atoms with Crippen molar-refractivity contribution in [2.75, 3.05) is 0 Å². The Bertz CT molecular complexity index is 1480. The lowest BCUT2D eigenvalue weighted by molar-refractivity contribution is -0.178. The predicted molar refractivity (Wildman–Crippen MR) is 156 cm³/mol. The zero-order chi connectivity index (χ0) is 30.8. The number of rotatable bonds is 5. The van der Waals surface area contributed by atoms with Gasteiger partial charge in [-0.2, -0.15) is 0 Å². The standard InChI is InChI=1S/C34H42O7/c1-9-10-11-12-13-20-14-21(17(2)3)22-15-32(7)16-33(8)25(18(4)5)28(37)23(19(6)35)30(39)34(33,41)31(40)26(32)29(38)24(22)27(20)36/h14,17-18,25,36,38-39,41H,9-11,15-16H2,1-8H3/t25?,32-,33-,34+/m1/s1. The van der Waals surface area contributed by atoms with Crippen molar-refractivity contribution in [3.8, 4) is 17.6 Å². The van der Waals surface area contributed by atoms with Gasteiger partial charge in [0.1, 0.15) is 22.8 Å². The lowest BCUT2D eigenvalue weighted by Gasteiger charge is -2.59. The summed E-state index contributed by atoms with van der Waals surface area (Å²) in [5, 5.41) is 46.7. The van der Waals surface area contributed by atoms with Crippen LogP contribution >= 0.6 is 0 Å². The Balaban J connectivity index is 2.06. The number of fused-ring (bicyclic) bond motifs is 3. The van der Waals surface area contributed by atoms with Crippen molar-refractivity contribution in [2.24, 2.45) is 22.7 Å². The minimum Gasteiger partial charge on any atom is -0.508 e. The molecule has 0 amide bonds. The van der Waals surface area contributed by atoms with E-state index in [0.29, 0.717) is 17.5 Å². The Morgan fingerprint density at radius 2 is 1.76 bits per heavy atom. The quantitative estimate of drug-likeness (QED) is 0.201. The summed E-state index contributed by atoms with van der Waals surface area (Å²) in [7, 11) is 0. The summed E-state index contributed by atoms with van der Waals surface area (Å²) in [6, 6.07) is 1.84. The fourth-order valence-electron chi connectivity index (χ4n) is 7.85. The molecule has 1 aromatic rings. The summed E-state index contributed by atoms with van der Waals surface area (Å²) in [5.41, 5.74) is -3.82. The maximum Gasteiger partial charge on any atom is 0.203 e. The van der Waals surface area contributed by atoms with Gasteiger partial charge < -0.3 is 20.4 Å². The second-order valence-corrected chi connectivity index (χ2v) is 13.2. The molecule has 7 heteroatoms. The van der Waals surface area contributed by atoms with Crippen LogP contribution in [0.4, 0.5) is 0 Å². The molecule has 0 aromatic heterocycles. The Hall–Kier alpha value is -3.37. The molecular weight excluding hydrogens is 520 g/mol. The first kappa shape index (κ1) is 30.6. The molecule has 3 aliphatic rings. The van der Waals surface area contributed by atoms with Gasteiger partial charge in [-0.3, -0.25) is 14.4 Å². The van der Waals surface area contributed by atoms with E-state index in [1.807, 2.05) is 26.8 Å². The molecule has 0 saturated heterocycles. The molecule has 0 spiro atoms. The number of aromatic hydroxyl groups is 1. The molecule has 4 rings (SSSR count). The summed E-state index contributed by atoms with van der Waals surface area (Å²) >= 11 is 0. The number of carbonyl (C=O) groups is 3. The fraction of sp³-hybridized carbons (Fsp3) is 0.559. The molecule has 220 valence electrons. The maximum absolute atomic E-state index is 14.5. The number of hydrogen-bond acceptors (Lipinski definition) is 7. The highest BCUT2D eigenvalue weighted by Crippen LogP contribution is 2.65. The van der Waals surface area contributed by atoms with E-state index in [0.717, 1.165) is 25.3 Å². The van der Waals surface area contributed by atoms with Crippen LogP contribution in [0.5, 0.6) is 5.75 Å². The molecule has 0 radical (unpaired) electrons.